The van der Waals surface area contributed by atoms with Gasteiger partial charge in [0.2, 0.25) is 0 Å². The Hall–Kier alpha value is -3.07. The van der Waals surface area contributed by atoms with Gasteiger partial charge in [-0.1, -0.05) is 62.9 Å². The third-order valence-electron chi connectivity index (χ3n) is 7.04. The number of rotatable bonds is 9. The molecule has 0 amide bonds. The van der Waals surface area contributed by atoms with Crippen molar-refractivity contribution in [1.29, 1.82) is 0 Å². The van der Waals surface area contributed by atoms with Crippen LogP contribution in [-0.2, 0) is 16.0 Å². The molecular formula is C31H38O3. The minimum Gasteiger partial charge on any atom is -0.497 e. The van der Waals surface area contributed by atoms with E-state index in [-0.39, 0.29) is 11.9 Å². The van der Waals surface area contributed by atoms with Crippen molar-refractivity contribution >= 4 is 17.3 Å². The minimum atomic E-state index is -0.117. The van der Waals surface area contributed by atoms with E-state index < -0.39 is 0 Å². The second-order valence-corrected chi connectivity index (χ2v) is 9.42. The van der Waals surface area contributed by atoms with Crippen LogP contribution in [0.3, 0.4) is 0 Å². The van der Waals surface area contributed by atoms with Crippen LogP contribution in [0.5, 0.6) is 5.75 Å². The van der Waals surface area contributed by atoms with Crippen molar-refractivity contribution in [2.24, 2.45) is 11.8 Å². The van der Waals surface area contributed by atoms with E-state index in [0.717, 1.165) is 67.2 Å². The van der Waals surface area contributed by atoms with Crippen molar-refractivity contribution in [3.05, 3.63) is 90.0 Å². The van der Waals surface area contributed by atoms with E-state index in [2.05, 4.69) is 45.7 Å². The Bertz CT molecular complexity index is 1060. The first-order valence-corrected chi connectivity index (χ1v) is 12.3. The van der Waals surface area contributed by atoms with Gasteiger partial charge >= 0.3 is 5.97 Å². The quantitative estimate of drug-likeness (QED) is 0.126. The number of aryl methyl sites for hydroxylation is 1. The van der Waals surface area contributed by atoms with Gasteiger partial charge in [0.25, 0.3) is 0 Å². The summed E-state index contributed by atoms with van der Waals surface area (Å²) in [5, 5.41) is 0. The van der Waals surface area contributed by atoms with Gasteiger partial charge in [-0.15, -0.1) is 0 Å². The maximum absolute atomic E-state index is 13.0. The second-order valence-electron chi connectivity index (χ2n) is 9.42. The van der Waals surface area contributed by atoms with E-state index in [9.17, 15) is 4.79 Å². The predicted molar refractivity (Wildman–Crippen MR) is 142 cm³/mol. The monoisotopic (exact) mass is 458 g/mol. The Morgan fingerprint density at radius 3 is 2.47 bits per heavy atom. The molecule has 0 aliphatic heterocycles. The summed E-state index contributed by atoms with van der Waals surface area (Å²) in [4.78, 5) is 13.0. The Morgan fingerprint density at radius 1 is 1.00 bits per heavy atom. The standard InChI is InChI=1S/C31H38O3/c1-7-21(2)30-20-29(17-14-22(30)3)34-31(32)27-12-9-11-26(15-16-27)23(4)18-25-10-8-13-28(19-25)24(5)33-6/h8,10,13-14,17,19-20,26-27H,2,4-5,7,9,11-12,15-16,18H2,1,3,6H3. The molecule has 1 aliphatic rings. The van der Waals surface area contributed by atoms with Gasteiger partial charge < -0.3 is 9.47 Å². The number of hydrogen-bond acceptors (Lipinski definition) is 3. The van der Waals surface area contributed by atoms with Crippen molar-refractivity contribution in [3.63, 3.8) is 0 Å². The van der Waals surface area contributed by atoms with Crippen LogP contribution >= 0.6 is 0 Å². The maximum Gasteiger partial charge on any atom is 0.314 e. The molecule has 180 valence electrons. The molecule has 0 spiro atoms. The summed E-state index contributed by atoms with van der Waals surface area (Å²) in [6.07, 6.45) is 6.45. The van der Waals surface area contributed by atoms with E-state index in [1.807, 2.05) is 30.3 Å². The highest BCUT2D eigenvalue weighted by molar-refractivity contribution is 5.76. The molecule has 2 aromatic carbocycles. The molecule has 0 saturated heterocycles. The average molecular weight is 459 g/mol. The molecule has 1 fully saturated rings. The van der Waals surface area contributed by atoms with Gasteiger partial charge in [0.05, 0.1) is 13.0 Å². The normalized spacial score (nSPS) is 18.0. The first-order valence-electron chi connectivity index (χ1n) is 12.3. The molecule has 1 saturated carbocycles. The van der Waals surface area contributed by atoms with Crippen LogP contribution < -0.4 is 4.74 Å². The molecule has 2 atom stereocenters. The molecule has 0 N–H and O–H groups in total. The highest BCUT2D eigenvalue weighted by atomic mass is 16.5. The van der Waals surface area contributed by atoms with Crippen molar-refractivity contribution < 1.29 is 14.3 Å². The number of methoxy groups -OCH3 is 1. The molecule has 0 heterocycles. The van der Waals surface area contributed by atoms with Crippen LogP contribution in [0.2, 0.25) is 0 Å². The molecule has 0 aromatic heterocycles. The van der Waals surface area contributed by atoms with Gasteiger partial charge in [-0.25, -0.2) is 0 Å². The summed E-state index contributed by atoms with van der Waals surface area (Å²) >= 11 is 0. The van der Waals surface area contributed by atoms with Crippen LogP contribution in [-0.4, -0.2) is 13.1 Å². The summed E-state index contributed by atoms with van der Waals surface area (Å²) in [6.45, 7) is 16.6. The molecule has 2 aromatic rings. The highest BCUT2D eigenvalue weighted by Crippen LogP contribution is 2.34. The van der Waals surface area contributed by atoms with Crippen LogP contribution in [0.4, 0.5) is 0 Å². The first-order chi connectivity index (χ1) is 16.3. The van der Waals surface area contributed by atoms with Gasteiger partial charge in [-0.05, 0) is 91.8 Å². The lowest BCUT2D eigenvalue weighted by molar-refractivity contribution is -0.139. The number of hydrogen-bond donors (Lipinski definition) is 0. The molecule has 3 nitrogen and oxygen atoms in total. The lowest BCUT2D eigenvalue weighted by Gasteiger charge is -2.18. The van der Waals surface area contributed by atoms with Crippen molar-refractivity contribution in [2.75, 3.05) is 7.11 Å². The molecule has 2 unspecified atom stereocenters. The number of allylic oxidation sites excluding steroid dienone is 2. The Morgan fingerprint density at radius 2 is 1.74 bits per heavy atom. The minimum absolute atomic E-state index is 0.0646. The highest BCUT2D eigenvalue weighted by Gasteiger charge is 2.27. The van der Waals surface area contributed by atoms with E-state index in [1.54, 1.807) is 7.11 Å². The van der Waals surface area contributed by atoms with Crippen molar-refractivity contribution in [3.8, 4) is 5.75 Å². The fraction of sp³-hybridized carbons (Fsp3) is 0.387. The SMILES string of the molecule is C=C(OC)c1cccc(CC(=C)C2CCCC(C(=O)Oc3ccc(C)c(C(=C)CC)c3)CC2)c1. The van der Waals surface area contributed by atoms with Gasteiger partial charge in [-0.2, -0.15) is 0 Å². The first kappa shape index (κ1) is 25.6. The average Bonchev–Trinajstić information content (AvgIpc) is 3.11. The maximum atomic E-state index is 13.0. The summed E-state index contributed by atoms with van der Waals surface area (Å²) in [5.74, 6) is 1.52. The van der Waals surface area contributed by atoms with E-state index in [4.69, 9.17) is 9.47 Å². The number of carbonyl (C=O) groups is 1. The molecule has 3 rings (SSSR count). The van der Waals surface area contributed by atoms with E-state index >= 15 is 0 Å². The molecule has 0 bridgehead atoms. The number of ether oxygens (including phenoxy) is 2. The fourth-order valence-corrected chi connectivity index (χ4v) is 4.76. The van der Waals surface area contributed by atoms with Crippen LogP contribution in [0.1, 0.15) is 67.7 Å². The van der Waals surface area contributed by atoms with Crippen LogP contribution in [0.25, 0.3) is 11.3 Å². The van der Waals surface area contributed by atoms with Crippen LogP contribution in [0.15, 0.2) is 67.8 Å². The smallest absolute Gasteiger partial charge is 0.314 e. The number of benzene rings is 2. The molecule has 34 heavy (non-hydrogen) atoms. The van der Waals surface area contributed by atoms with E-state index in [0.29, 0.717) is 17.4 Å². The predicted octanol–water partition coefficient (Wildman–Crippen LogP) is 7.94. The second kappa shape index (κ2) is 11.9. The van der Waals surface area contributed by atoms with Gasteiger partial charge in [0, 0.05) is 5.56 Å². The molecule has 3 heteroatoms. The summed E-state index contributed by atoms with van der Waals surface area (Å²) in [5.41, 5.74) is 6.73. The molecular weight excluding hydrogens is 420 g/mol. The third kappa shape index (κ3) is 6.50. The van der Waals surface area contributed by atoms with Crippen molar-refractivity contribution in [1.82, 2.24) is 0 Å². The Balaban J connectivity index is 1.58. The van der Waals surface area contributed by atoms with Crippen molar-refractivity contribution in [2.45, 2.75) is 58.8 Å². The fourth-order valence-electron chi connectivity index (χ4n) is 4.76. The van der Waals surface area contributed by atoms with Crippen LogP contribution in [0, 0.1) is 18.8 Å². The third-order valence-corrected chi connectivity index (χ3v) is 7.04. The summed E-state index contributed by atoms with van der Waals surface area (Å²) in [7, 11) is 1.64. The zero-order chi connectivity index (χ0) is 24.7. The topological polar surface area (TPSA) is 35.5 Å². The zero-order valence-corrected chi connectivity index (χ0v) is 21.0. The number of esters is 1. The van der Waals surface area contributed by atoms with Gasteiger partial charge in [0.1, 0.15) is 11.5 Å². The Kier molecular flexibility index (Phi) is 8.92. The lowest BCUT2D eigenvalue weighted by atomic mass is 9.88. The summed E-state index contributed by atoms with van der Waals surface area (Å²) < 4.78 is 11.1. The largest absolute Gasteiger partial charge is 0.497 e. The van der Waals surface area contributed by atoms with Gasteiger partial charge in [-0.3, -0.25) is 4.79 Å². The zero-order valence-electron chi connectivity index (χ0n) is 21.0. The molecule has 0 radical (unpaired) electrons. The lowest BCUT2D eigenvalue weighted by Crippen LogP contribution is -2.20. The molecule has 1 aliphatic carbocycles. The summed E-state index contributed by atoms with van der Waals surface area (Å²) in [6, 6.07) is 14.1. The van der Waals surface area contributed by atoms with E-state index in [1.165, 1.54) is 11.1 Å². The Labute approximate surface area is 205 Å². The number of carbonyl (C=O) groups excluding carboxylic acids is 1. The van der Waals surface area contributed by atoms with Gasteiger partial charge in [0.15, 0.2) is 0 Å².